The Labute approximate surface area is 153 Å². The molecule has 2 aliphatic rings. The summed E-state index contributed by atoms with van der Waals surface area (Å²) >= 11 is 1.29. The van der Waals surface area contributed by atoms with Crippen molar-refractivity contribution in [3.63, 3.8) is 0 Å². The van der Waals surface area contributed by atoms with Gasteiger partial charge in [-0.1, -0.05) is 6.07 Å². The van der Waals surface area contributed by atoms with Crippen molar-refractivity contribution in [2.75, 3.05) is 13.1 Å². The molecular formula is C17H16N6O2S. The predicted molar refractivity (Wildman–Crippen MR) is 93.4 cm³/mol. The van der Waals surface area contributed by atoms with Crippen molar-refractivity contribution in [3.05, 3.63) is 47.4 Å². The summed E-state index contributed by atoms with van der Waals surface area (Å²) in [6, 6.07) is 5.73. The van der Waals surface area contributed by atoms with Gasteiger partial charge < -0.3 is 14.2 Å². The molecule has 0 bridgehead atoms. The average molecular weight is 368 g/mol. The molecule has 1 saturated heterocycles. The number of hydrogen-bond acceptors (Lipinski definition) is 7. The van der Waals surface area contributed by atoms with E-state index in [-0.39, 0.29) is 5.91 Å². The number of amides is 1. The van der Waals surface area contributed by atoms with Crippen molar-refractivity contribution >= 4 is 17.4 Å². The number of nitrogens with zero attached hydrogens (tertiary/aromatic N) is 6. The van der Waals surface area contributed by atoms with Gasteiger partial charge in [-0.3, -0.25) is 9.78 Å². The van der Waals surface area contributed by atoms with Crippen LogP contribution in [0.4, 0.5) is 0 Å². The van der Waals surface area contributed by atoms with E-state index in [1.54, 1.807) is 17.8 Å². The Bertz CT molecular complexity index is 942. The van der Waals surface area contributed by atoms with Gasteiger partial charge in [0.05, 0.1) is 24.8 Å². The Morgan fingerprint density at radius 2 is 2.23 bits per heavy atom. The van der Waals surface area contributed by atoms with Crippen LogP contribution in [-0.4, -0.2) is 53.6 Å². The van der Waals surface area contributed by atoms with E-state index in [9.17, 15) is 4.79 Å². The number of carbonyl (C=O) groups is 1. The molecule has 9 heteroatoms. The fourth-order valence-electron chi connectivity index (χ4n) is 3.60. The average Bonchev–Trinajstić information content (AvgIpc) is 3.42. The van der Waals surface area contributed by atoms with Gasteiger partial charge in [0.15, 0.2) is 11.6 Å². The lowest BCUT2D eigenvalue weighted by Crippen LogP contribution is -2.45. The molecule has 0 aromatic carbocycles. The zero-order chi connectivity index (χ0) is 17.6. The van der Waals surface area contributed by atoms with Crippen LogP contribution < -0.4 is 0 Å². The van der Waals surface area contributed by atoms with Gasteiger partial charge in [0.25, 0.3) is 5.91 Å². The van der Waals surface area contributed by atoms with E-state index in [0.29, 0.717) is 31.8 Å². The number of rotatable bonds is 2. The molecule has 0 N–H and O–H groups in total. The number of carbonyl (C=O) groups excluding carboxylic acids is 1. The van der Waals surface area contributed by atoms with Gasteiger partial charge in [0, 0.05) is 18.1 Å². The second kappa shape index (κ2) is 5.96. The monoisotopic (exact) mass is 368 g/mol. The number of fused-ring (bicyclic) bond motifs is 1. The third-order valence-electron chi connectivity index (χ3n) is 4.96. The summed E-state index contributed by atoms with van der Waals surface area (Å²) in [5.41, 5.74) is 1.03. The first-order valence-electron chi connectivity index (χ1n) is 8.40. The lowest BCUT2D eigenvalue weighted by Gasteiger charge is -2.34. The second-order valence-electron chi connectivity index (χ2n) is 6.60. The molecule has 8 nitrogen and oxygen atoms in total. The zero-order valence-corrected chi connectivity index (χ0v) is 14.7. The summed E-state index contributed by atoms with van der Waals surface area (Å²) in [4.78, 5) is 18.8. The Morgan fingerprint density at radius 3 is 3.04 bits per heavy atom. The molecule has 5 rings (SSSR count). The number of ether oxygens (including phenoxy) is 1. The van der Waals surface area contributed by atoms with Crippen molar-refractivity contribution in [1.82, 2.24) is 29.0 Å². The highest BCUT2D eigenvalue weighted by Gasteiger charge is 2.45. The molecule has 0 radical (unpaired) electrons. The van der Waals surface area contributed by atoms with E-state index >= 15 is 0 Å². The number of aromatic nitrogens is 5. The van der Waals surface area contributed by atoms with E-state index in [2.05, 4.69) is 24.1 Å². The fraction of sp³-hybridized carbons (Fsp3) is 0.353. The van der Waals surface area contributed by atoms with Crippen LogP contribution >= 0.6 is 11.5 Å². The Balaban J connectivity index is 1.41. The Kier molecular flexibility index (Phi) is 3.57. The molecule has 2 aliphatic heterocycles. The third-order valence-corrected chi connectivity index (χ3v) is 5.54. The SMILES string of the molecule is O=C(c1cnsc1)N1CCC2(C1)Cn1c(nnc1-c1ccccn1)CO2. The van der Waals surface area contributed by atoms with Crippen LogP contribution in [0.1, 0.15) is 22.6 Å². The maximum Gasteiger partial charge on any atom is 0.256 e. The predicted octanol–water partition coefficient (Wildman–Crippen LogP) is 1.61. The Morgan fingerprint density at radius 1 is 1.27 bits per heavy atom. The maximum atomic E-state index is 12.6. The molecular weight excluding hydrogens is 352 g/mol. The highest BCUT2D eigenvalue weighted by molar-refractivity contribution is 7.03. The minimum absolute atomic E-state index is 0.0127. The van der Waals surface area contributed by atoms with Crippen LogP contribution in [-0.2, 0) is 17.9 Å². The van der Waals surface area contributed by atoms with Crippen LogP contribution in [0.15, 0.2) is 36.0 Å². The van der Waals surface area contributed by atoms with Gasteiger partial charge in [-0.15, -0.1) is 10.2 Å². The second-order valence-corrected chi connectivity index (χ2v) is 7.26. The molecule has 1 amide bonds. The summed E-state index contributed by atoms with van der Waals surface area (Å²) in [5, 5.41) is 10.3. The van der Waals surface area contributed by atoms with Crippen molar-refractivity contribution < 1.29 is 9.53 Å². The number of pyridine rings is 1. The van der Waals surface area contributed by atoms with Crippen LogP contribution in [0.5, 0.6) is 0 Å². The normalized spacial score (nSPS) is 21.9. The minimum Gasteiger partial charge on any atom is -0.363 e. The van der Waals surface area contributed by atoms with E-state index in [4.69, 9.17) is 4.74 Å². The highest BCUT2D eigenvalue weighted by Crippen LogP contribution is 2.34. The summed E-state index contributed by atoms with van der Waals surface area (Å²) in [6.07, 6.45) is 4.16. The van der Waals surface area contributed by atoms with Crippen molar-refractivity contribution in [3.8, 4) is 11.5 Å². The summed E-state index contributed by atoms with van der Waals surface area (Å²) in [5.74, 6) is 1.55. The third kappa shape index (κ3) is 2.51. The zero-order valence-electron chi connectivity index (χ0n) is 13.9. The maximum absolute atomic E-state index is 12.6. The van der Waals surface area contributed by atoms with Crippen LogP contribution in [0, 0.1) is 0 Å². The van der Waals surface area contributed by atoms with Gasteiger partial charge >= 0.3 is 0 Å². The molecule has 1 spiro atoms. The van der Waals surface area contributed by atoms with E-state index < -0.39 is 5.60 Å². The highest BCUT2D eigenvalue weighted by atomic mass is 32.1. The van der Waals surface area contributed by atoms with Gasteiger partial charge in [0.1, 0.15) is 17.9 Å². The van der Waals surface area contributed by atoms with E-state index in [0.717, 1.165) is 23.8 Å². The van der Waals surface area contributed by atoms with Crippen LogP contribution in [0.25, 0.3) is 11.5 Å². The molecule has 1 atom stereocenters. The molecule has 0 aliphatic carbocycles. The number of hydrogen-bond donors (Lipinski definition) is 0. The first-order valence-corrected chi connectivity index (χ1v) is 9.24. The first-order chi connectivity index (χ1) is 12.7. The smallest absolute Gasteiger partial charge is 0.256 e. The summed E-state index contributed by atoms with van der Waals surface area (Å²) < 4.78 is 12.2. The molecule has 0 saturated carbocycles. The van der Waals surface area contributed by atoms with Gasteiger partial charge in [-0.05, 0) is 30.1 Å². The quantitative estimate of drug-likeness (QED) is 0.683. The molecule has 3 aromatic rings. The van der Waals surface area contributed by atoms with Crippen molar-refractivity contribution in [1.29, 1.82) is 0 Å². The topological polar surface area (TPSA) is 86.0 Å². The van der Waals surface area contributed by atoms with E-state index in [1.165, 1.54) is 11.5 Å². The minimum atomic E-state index is -0.405. The standard InChI is InChI=1S/C17H16N6O2S/c24-16(12-7-19-26-9-12)22-6-4-17(10-22)11-23-14(8-25-17)20-21-15(23)13-3-1-2-5-18-13/h1-3,5,7,9H,4,6,8,10-11H2. The number of likely N-dealkylation sites (tertiary alicyclic amines) is 1. The molecule has 1 fully saturated rings. The lowest BCUT2D eigenvalue weighted by atomic mass is 10.0. The van der Waals surface area contributed by atoms with Crippen LogP contribution in [0.3, 0.4) is 0 Å². The van der Waals surface area contributed by atoms with Crippen LogP contribution in [0.2, 0.25) is 0 Å². The first kappa shape index (κ1) is 15.6. The molecule has 5 heterocycles. The van der Waals surface area contributed by atoms with Gasteiger partial charge in [0.2, 0.25) is 0 Å². The fourth-order valence-corrected chi connectivity index (χ4v) is 4.11. The van der Waals surface area contributed by atoms with Gasteiger partial charge in [-0.2, -0.15) is 0 Å². The Hall–Kier alpha value is -2.65. The largest absolute Gasteiger partial charge is 0.363 e. The van der Waals surface area contributed by atoms with Crippen molar-refractivity contribution in [2.45, 2.75) is 25.2 Å². The summed E-state index contributed by atoms with van der Waals surface area (Å²) in [6.45, 7) is 2.24. The summed E-state index contributed by atoms with van der Waals surface area (Å²) in [7, 11) is 0. The lowest BCUT2D eigenvalue weighted by molar-refractivity contribution is -0.0805. The molecule has 1 unspecified atom stereocenters. The van der Waals surface area contributed by atoms with E-state index in [1.807, 2.05) is 23.1 Å². The molecule has 3 aromatic heterocycles. The van der Waals surface area contributed by atoms with Gasteiger partial charge in [-0.25, -0.2) is 4.37 Å². The molecule has 132 valence electrons. The van der Waals surface area contributed by atoms with Crippen molar-refractivity contribution in [2.24, 2.45) is 0 Å². The molecule has 26 heavy (non-hydrogen) atoms.